The number of para-hydroxylation sites is 2. The number of aromatic nitrogens is 3. The summed E-state index contributed by atoms with van der Waals surface area (Å²) in [5, 5.41) is 12.5. The van der Waals surface area contributed by atoms with Crippen molar-refractivity contribution in [3.05, 3.63) is 59.9 Å². The number of aromatic amines is 1. The first kappa shape index (κ1) is 15.9. The Morgan fingerprint density at radius 3 is 2.50 bits per heavy atom. The molecule has 0 saturated heterocycles. The van der Waals surface area contributed by atoms with E-state index in [1.54, 1.807) is 12.1 Å². The number of oxazole rings is 1. The molecule has 2 aromatic heterocycles. The van der Waals surface area contributed by atoms with Crippen LogP contribution in [0.25, 0.3) is 22.6 Å². The van der Waals surface area contributed by atoms with Crippen molar-refractivity contribution in [2.45, 2.75) is 13.8 Å². The molecule has 4 aromatic rings. The lowest BCUT2D eigenvalue weighted by molar-refractivity contribution is 0.262. The number of anilines is 2. The molecule has 7 nitrogen and oxygen atoms in total. The lowest BCUT2D eigenvalue weighted by atomic mass is 10.2. The first-order valence-electron chi connectivity index (χ1n) is 8.16. The second-order valence-corrected chi connectivity index (χ2v) is 5.95. The van der Waals surface area contributed by atoms with Crippen molar-refractivity contribution < 1.29 is 9.21 Å². The molecule has 0 aliphatic carbocycles. The topological polar surface area (TPSA) is 95.8 Å². The summed E-state index contributed by atoms with van der Waals surface area (Å²) in [6.07, 6.45) is 0. The zero-order valence-corrected chi connectivity index (χ0v) is 14.3. The van der Waals surface area contributed by atoms with Gasteiger partial charge in [-0.1, -0.05) is 12.1 Å². The molecule has 0 aliphatic heterocycles. The Labute approximate surface area is 149 Å². The van der Waals surface area contributed by atoms with Crippen molar-refractivity contribution in [1.82, 2.24) is 15.2 Å². The third kappa shape index (κ3) is 3.02. The van der Waals surface area contributed by atoms with Gasteiger partial charge in [-0.05, 0) is 50.2 Å². The Morgan fingerprint density at radius 2 is 1.81 bits per heavy atom. The lowest BCUT2D eigenvalue weighted by Crippen LogP contribution is -2.20. The number of nitrogens with zero attached hydrogens (tertiary/aromatic N) is 2. The molecule has 0 atom stereocenters. The summed E-state index contributed by atoms with van der Waals surface area (Å²) in [4.78, 5) is 16.6. The van der Waals surface area contributed by atoms with Crippen LogP contribution in [0.3, 0.4) is 0 Å². The zero-order valence-electron chi connectivity index (χ0n) is 14.3. The van der Waals surface area contributed by atoms with E-state index in [9.17, 15) is 4.79 Å². The van der Waals surface area contributed by atoms with Gasteiger partial charge in [0.1, 0.15) is 5.52 Å². The molecule has 0 saturated carbocycles. The van der Waals surface area contributed by atoms with Crippen molar-refractivity contribution in [2.75, 3.05) is 10.6 Å². The molecule has 2 heterocycles. The molecule has 0 aliphatic rings. The van der Waals surface area contributed by atoms with E-state index in [2.05, 4.69) is 25.8 Å². The third-order valence-corrected chi connectivity index (χ3v) is 4.05. The van der Waals surface area contributed by atoms with Crippen LogP contribution in [0.2, 0.25) is 0 Å². The number of urea groups is 1. The summed E-state index contributed by atoms with van der Waals surface area (Å²) in [5.41, 5.74) is 5.30. The second-order valence-electron chi connectivity index (χ2n) is 5.95. The highest BCUT2D eigenvalue weighted by atomic mass is 16.3. The summed E-state index contributed by atoms with van der Waals surface area (Å²) < 4.78 is 5.75. The molecular weight excluding hydrogens is 330 g/mol. The van der Waals surface area contributed by atoms with Crippen molar-refractivity contribution in [1.29, 1.82) is 0 Å². The van der Waals surface area contributed by atoms with Crippen LogP contribution in [0, 0.1) is 13.8 Å². The number of amides is 2. The van der Waals surface area contributed by atoms with Gasteiger partial charge in [0.05, 0.1) is 17.1 Å². The summed E-state index contributed by atoms with van der Waals surface area (Å²) in [7, 11) is 0. The van der Waals surface area contributed by atoms with Crippen molar-refractivity contribution in [3.63, 3.8) is 0 Å². The summed E-state index contributed by atoms with van der Waals surface area (Å²) in [6, 6.07) is 14.6. The van der Waals surface area contributed by atoms with Crippen LogP contribution in [0.5, 0.6) is 0 Å². The lowest BCUT2D eigenvalue weighted by Gasteiger charge is -2.08. The number of fused-ring (bicyclic) bond motifs is 1. The molecule has 3 N–H and O–H groups in total. The fourth-order valence-corrected chi connectivity index (χ4v) is 2.70. The van der Waals surface area contributed by atoms with Crippen LogP contribution in [-0.2, 0) is 0 Å². The van der Waals surface area contributed by atoms with Crippen LogP contribution in [0.15, 0.2) is 52.9 Å². The van der Waals surface area contributed by atoms with Gasteiger partial charge >= 0.3 is 6.03 Å². The molecule has 4 rings (SSSR count). The van der Waals surface area contributed by atoms with Crippen LogP contribution in [0.4, 0.5) is 16.2 Å². The number of carbonyl (C=O) groups excluding carboxylic acids is 1. The van der Waals surface area contributed by atoms with Gasteiger partial charge < -0.3 is 15.1 Å². The standard InChI is InChI=1S/C19H17N5O2/c1-11-17(12(2)24-23-11)22-19(25)20-14-9-7-13(8-10-14)18-21-15-5-3-4-6-16(15)26-18/h3-10H,1-2H3,(H,23,24)(H2,20,22,25). The van der Waals surface area contributed by atoms with E-state index in [1.165, 1.54) is 0 Å². The number of aryl methyl sites for hydroxylation is 2. The Morgan fingerprint density at radius 1 is 1.04 bits per heavy atom. The fourth-order valence-electron chi connectivity index (χ4n) is 2.70. The van der Waals surface area contributed by atoms with Crippen LogP contribution < -0.4 is 10.6 Å². The van der Waals surface area contributed by atoms with Gasteiger partial charge in [-0.15, -0.1) is 0 Å². The van der Waals surface area contributed by atoms with E-state index in [-0.39, 0.29) is 6.03 Å². The summed E-state index contributed by atoms with van der Waals surface area (Å²) in [6.45, 7) is 3.68. The van der Waals surface area contributed by atoms with E-state index in [1.807, 2.05) is 50.2 Å². The molecule has 2 amide bonds. The van der Waals surface area contributed by atoms with Gasteiger partial charge in [-0.3, -0.25) is 5.10 Å². The monoisotopic (exact) mass is 347 g/mol. The van der Waals surface area contributed by atoms with E-state index >= 15 is 0 Å². The second kappa shape index (κ2) is 6.36. The average Bonchev–Trinajstić information content (AvgIpc) is 3.21. The Balaban J connectivity index is 1.48. The molecule has 0 bridgehead atoms. The van der Waals surface area contributed by atoms with Crippen molar-refractivity contribution >= 4 is 28.5 Å². The number of H-pyrrole nitrogens is 1. The minimum absolute atomic E-state index is 0.327. The number of nitrogens with one attached hydrogen (secondary N) is 3. The Bertz CT molecular complexity index is 1030. The van der Waals surface area contributed by atoms with E-state index < -0.39 is 0 Å². The smallest absolute Gasteiger partial charge is 0.323 e. The number of hydrogen-bond donors (Lipinski definition) is 3. The Kier molecular flexibility index (Phi) is 3.89. The zero-order chi connectivity index (χ0) is 18.1. The first-order valence-corrected chi connectivity index (χ1v) is 8.16. The maximum Gasteiger partial charge on any atom is 0.323 e. The van der Waals surface area contributed by atoms with Gasteiger partial charge in [0.2, 0.25) is 5.89 Å². The predicted molar refractivity (Wildman–Crippen MR) is 100 cm³/mol. The minimum Gasteiger partial charge on any atom is -0.436 e. The fraction of sp³-hybridized carbons (Fsp3) is 0.105. The molecule has 2 aromatic carbocycles. The highest BCUT2D eigenvalue weighted by Crippen LogP contribution is 2.25. The predicted octanol–water partition coefficient (Wildman–Crippen LogP) is 4.48. The van der Waals surface area contributed by atoms with Gasteiger partial charge in [0.15, 0.2) is 5.58 Å². The average molecular weight is 347 g/mol. The summed E-state index contributed by atoms with van der Waals surface area (Å²) in [5.74, 6) is 0.548. The van der Waals surface area contributed by atoms with Crippen LogP contribution in [-0.4, -0.2) is 21.2 Å². The van der Waals surface area contributed by atoms with Crippen molar-refractivity contribution in [3.8, 4) is 11.5 Å². The summed E-state index contributed by atoms with van der Waals surface area (Å²) >= 11 is 0. The minimum atomic E-state index is -0.327. The molecular formula is C19H17N5O2. The van der Waals surface area contributed by atoms with Gasteiger partial charge in [-0.25, -0.2) is 9.78 Å². The molecule has 0 radical (unpaired) electrons. The molecule has 7 heteroatoms. The van der Waals surface area contributed by atoms with Gasteiger partial charge in [0, 0.05) is 11.3 Å². The Hall–Kier alpha value is -3.61. The van der Waals surface area contributed by atoms with Crippen LogP contribution in [0.1, 0.15) is 11.4 Å². The van der Waals surface area contributed by atoms with Gasteiger partial charge in [-0.2, -0.15) is 5.10 Å². The van der Waals surface area contributed by atoms with Crippen LogP contribution >= 0.6 is 0 Å². The highest BCUT2D eigenvalue weighted by molar-refractivity contribution is 6.00. The maximum atomic E-state index is 12.2. The highest BCUT2D eigenvalue weighted by Gasteiger charge is 2.11. The SMILES string of the molecule is Cc1n[nH]c(C)c1NC(=O)Nc1ccc(-c2nc3ccccc3o2)cc1. The van der Waals surface area contributed by atoms with E-state index in [0.29, 0.717) is 17.3 Å². The van der Waals surface area contributed by atoms with E-state index in [0.717, 1.165) is 28.1 Å². The number of benzene rings is 2. The van der Waals surface area contributed by atoms with Crippen molar-refractivity contribution in [2.24, 2.45) is 0 Å². The molecule has 0 spiro atoms. The largest absolute Gasteiger partial charge is 0.436 e. The normalized spacial score (nSPS) is 10.8. The quantitative estimate of drug-likeness (QED) is 0.509. The van der Waals surface area contributed by atoms with E-state index in [4.69, 9.17) is 4.42 Å². The molecule has 130 valence electrons. The molecule has 26 heavy (non-hydrogen) atoms. The molecule has 0 fully saturated rings. The number of hydrogen-bond acceptors (Lipinski definition) is 4. The third-order valence-electron chi connectivity index (χ3n) is 4.05. The number of carbonyl (C=O) groups is 1. The van der Waals surface area contributed by atoms with Gasteiger partial charge in [0.25, 0.3) is 0 Å². The number of rotatable bonds is 3. The maximum absolute atomic E-state index is 12.2. The first-order chi connectivity index (χ1) is 12.6. The molecule has 0 unspecified atom stereocenters.